The number of para-hydroxylation sites is 2. The Bertz CT molecular complexity index is 3570. The van der Waals surface area contributed by atoms with E-state index in [9.17, 15) is 0 Å². The van der Waals surface area contributed by atoms with Gasteiger partial charge >= 0.3 is 0 Å². The number of nitrogens with zero attached hydrogens (tertiary/aromatic N) is 2. The van der Waals surface area contributed by atoms with E-state index >= 15 is 0 Å². The van der Waals surface area contributed by atoms with Gasteiger partial charge in [-0.1, -0.05) is 176 Å². The van der Waals surface area contributed by atoms with Gasteiger partial charge in [0, 0.05) is 33.5 Å². The molecule has 62 heavy (non-hydrogen) atoms. The molecule has 0 N–H and O–H groups in total. The second-order valence-electron chi connectivity index (χ2n) is 16.1. The van der Waals surface area contributed by atoms with E-state index in [1.165, 1.54) is 87.5 Å². The van der Waals surface area contributed by atoms with Crippen molar-refractivity contribution in [2.45, 2.75) is 0 Å². The Morgan fingerprint density at radius 2 is 0.694 bits per heavy atom. The van der Waals surface area contributed by atoms with E-state index in [0.717, 1.165) is 22.7 Å². The maximum Gasteiger partial charge on any atom is 0.0542 e. The lowest BCUT2D eigenvalue weighted by atomic mass is 9.91. The van der Waals surface area contributed by atoms with E-state index in [-0.39, 0.29) is 0 Å². The minimum absolute atomic E-state index is 1.09. The minimum atomic E-state index is 1.09. The normalized spacial score (nSPS) is 11.5. The molecule has 0 saturated heterocycles. The van der Waals surface area contributed by atoms with Crippen molar-refractivity contribution in [2.75, 3.05) is 4.90 Å². The van der Waals surface area contributed by atoms with Gasteiger partial charge in [-0.25, -0.2) is 0 Å². The minimum Gasteiger partial charge on any atom is -0.310 e. The summed E-state index contributed by atoms with van der Waals surface area (Å²) < 4.78 is 2.38. The predicted molar refractivity (Wildman–Crippen MR) is 264 cm³/mol. The van der Waals surface area contributed by atoms with Crippen LogP contribution in [0.15, 0.2) is 243 Å². The molecule has 0 atom stereocenters. The fourth-order valence-electron chi connectivity index (χ4n) is 9.69. The molecule has 2 nitrogen and oxygen atoms in total. The smallest absolute Gasteiger partial charge is 0.0542 e. The maximum absolute atomic E-state index is 2.43. The van der Waals surface area contributed by atoms with Gasteiger partial charge in [-0.05, 0) is 132 Å². The Balaban J connectivity index is 1.04. The van der Waals surface area contributed by atoms with Crippen LogP contribution < -0.4 is 4.90 Å². The summed E-state index contributed by atoms with van der Waals surface area (Å²) in [7, 11) is 0. The van der Waals surface area contributed by atoms with E-state index in [1.807, 2.05) is 0 Å². The fourth-order valence-corrected chi connectivity index (χ4v) is 9.69. The summed E-state index contributed by atoms with van der Waals surface area (Å²) in [5.41, 5.74) is 14.0. The standard InChI is InChI=1S/C60H40N2/c1-4-16-42(17-5-1)49-35-30-44(38-56(49)43-18-6-2-7-19-43)41-28-31-46(32-29-41)61(47-33-36-54-52-24-11-10-22-50(52)51-23-12-13-25-53(51)57(54)39-47)48-34-37-60-58(40-48)55-26-14-15-27-59(55)62(60)45-20-8-3-9-21-45/h1-40H. The van der Waals surface area contributed by atoms with Crippen LogP contribution in [-0.2, 0) is 0 Å². The predicted octanol–water partition coefficient (Wildman–Crippen LogP) is 16.7. The third-order valence-corrected chi connectivity index (χ3v) is 12.6. The second-order valence-corrected chi connectivity index (χ2v) is 16.1. The van der Waals surface area contributed by atoms with Crippen LogP contribution >= 0.6 is 0 Å². The highest BCUT2D eigenvalue weighted by Gasteiger charge is 2.19. The van der Waals surface area contributed by atoms with E-state index < -0.39 is 0 Å². The summed E-state index contributed by atoms with van der Waals surface area (Å²) in [5.74, 6) is 0. The van der Waals surface area contributed by atoms with Gasteiger partial charge in [-0.2, -0.15) is 0 Å². The van der Waals surface area contributed by atoms with Crippen LogP contribution in [0.3, 0.4) is 0 Å². The topological polar surface area (TPSA) is 8.17 Å². The summed E-state index contributed by atoms with van der Waals surface area (Å²) in [4.78, 5) is 2.43. The number of benzene rings is 11. The highest BCUT2D eigenvalue weighted by Crippen LogP contribution is 2.44. The monoisotopic (exact) mass is 788 g/mol. The van der Waals surface area contributed by atoms with Crippen molar-refractivity contribution in [1.29, 1.82) is 0 Å². The molecule has 0 saturated carbocycles. The van der Waals surface area contributed by atoms with Crippen LogP contribution in [-0.4, -0.2) is 4.57 Å². The molecule has 0 spiro atoms. The molecule has 11 aromatic carbocycles. The van der Waals surface area contributed by atoms with Gasteiger partial charge in [0.05, 0.1) is 11.0 Å². The lowest BCUT2D eigenvalue weighted by Crippen LogP contribution is -2.10. The molecule has 1 heterocycles. The summed E-state index contributed by atoms with van der Waals surface area (Å²) in [6.07, 6.45) is 0. The second kappa shape index (κ2) is 14.8. The third kappa shape index (κ3) is 5.96. The number of anilines is 3. The Morgan fingerprint density at radius 1 is 0.242 bits per heavy atom. The van der Waals surface area contributed by atoms with Crippen LogP contribution in [0.1, 0.15) is 0 Å². The van der Waals surface area contributed by atoms with Crippen molar-refractivity contribution in [3.63, 3.8) is 0 Å². The lowest BCUT2D eigenvalue weighted by Gasteiger charge is -2.27. The molecule has 290 valence electrons. The molecule has 0 bridgehead atoms. The van der Waals surface area contributed by atoms with Crippen molar-refractivity contribution < 1.29 is 0 Å². The fraction of sp³-hybridized carbons (Fsp3) is 0. The Hall–Kier alpha value is -8.20. The first-order valence-corrected chi connectivity index (χ1v) is 21.3. The lowest BCUT2D eigenvalue weighted by molar-refractivity contribution is 1.18. The van der Waals surface area contributed by atoms with Crippen molar-refractivity contribution in [2.24, 2.45) is 0 Å². The Labute approximate surface area is 360 Å². The summed E-state index contributed by atoms with van der Waals surface area (Å²) >= 11 is 0. The molecule has 0 unspecified atom stereocenters. The van der Waals surface area contributed by atoms with Gasteiger partial charge in [0.25, 0.3) is 0 Å². The Kier molecular flexibility index (Phi) is 8.53. The van der Waals surface area contributed by atoms with E-state index in [1.54, 1.807) is 0 Å². The van der Waals surface area contributed by atoms with Crippen molar-refractivity contribution in [1.82, 2.24) is 4.57 Å². The van der Waals surface area contributed by atoms with Crippen LogP contribution in [0.4, 0.5) is 17.1 Å². The zero-order chi connectivity index (χ0) is 41.0. The van der Waals surface area contributed by atoms with Gasteiger partial charge in [0.2, 0.25) is 0 Å². The van der Waals surface area contributed by atoms with E-state index in [0.29, 0.717) is 0 Å². The molecule has 0 aliphatic heterocycles. The molecule has 12 rings (SSSR count). The highest BCUT2D eigenvalue weighted by atomic mass is 15.1. The molecule has 2 heteroatoms. The third-order valence-electron chi connectivity index (χ3n) is 12.6. The van der Waals surface area contributed by atoms with Gasteiger partial charge in [-0.15, -0.1) is 0 Å². The molecule has 1 aromatic heterocycles. The molecular weight excluding hydrogens is 749 g/mol. The number of aromatic nitrogens is 1. The average Bonchev–Trinajstić information content (AvgIpc) is 3.69. The molecule has 0 aliphatic rings. The van der Waals surface area contributed by atoms with Gasteiger partial charge < -0.3 is 9.47 Å². The van der Waals surface area contributed by atoms with Crippen LogP contribution in [0.5, 0.6) is 0 Å². The summed E-state index contributed by atoms with van der Waals surface area (Å²) in [5, 5.41) is 10.0. The first kappa shape index (κ1) is 35.7. The van der Waals surface area contributed by atoms with E-state index in [2.05, 4.69) is 252 Å². The van der Waals surface area contributed by atoms with Gasteiger partial charge in [-0.3, -0.25) is 0 Å². The first-order chi connectivity index (χ1) is 30.8. The molecule has 0 aliphatic carbocycles. The number of hydrogen-bond acceptors (Lipinski definition) is 1. The Morgan fingerprint density at radius 3 is 1.34 bits per heavy atom. The number of rotatable bonds is 7. The summed E-state index contributed by atoms with van der Waals surface area (Å²) in [6, 6.07) is 88.5. The highest BCUT2D eigenvalue weighted by molar-refractivity contribution is 6.26. The molecule has 12 aromatic rings. The summed E-state index contributed by atoms with van der Waals surface area (Å²) in [6.45, 7) is 0. The van der Waals surface area contributed by atoms with E-state index in [4.69, 9.17) is 0 Å². The van der Waals surface area contributed by atoms with Crippen LogP contribution in [0, 0.1) is 0 Å². The first-order valence-electron chi connectivity index (χ1n) is 21.3. The zero-order valence-electron chi connectivity index (χ0n) is 34.0. The molecule has 0 amide bonds. The molecule has 0 radical (unpaired) electrons. The maximum atomic E-state index is 2.43. The van der Waals surface area contributed by atoms with Crippen molar-refractivity contribution >= 4 is 71.2 Å². The number of fused-ring (bicyclic) bond motifs is 9. The molecular formula is C60H40N2. The zero-order valence-corrected chi connectivity index (χ0v) is 34.0. The average molecular weight is 789 g/mol. The molecule has 0 fully saturated rings. The SMILES string of the molecule is c1ccc(-c2ccc(-c3ccc(N(c4ccc5c6ccccc6c6ccccc6c5c4)c4ccc5c(c4)c4ccccc4n5-c4ccccc4)cc3)cc2-c2ccccc2)cc1. The van der Waals surface area contributed by atoms with Gasteiger partial charge in [0.1, 0.15) is 0 Å². The van der Waals surface area contributed by atoms with Crippen LogP contribution in [0.25, 0.3) is 93.2 Å². The largest absolute Gasteiger partial charge is 0.310 e. The number of hydrogen-bond donors (Lipinski definition) is 0. The van der Waals surface area contributed by atoms with Crippen LogP contribution in [0.2, 0.25) is 0 Å². The quantitative estimate of drug-likeness (QED) is 0.146. The van der Waals surface area contributed by atoms with Gasteiger partial charge in [0.15, 0.2) is 0 Å². The van der Waals surface area contributed by atoms with Crippen molar-refractivity contribution in [3.05, 3.63) is 243 Å². The van der Waals surface area contributed by atoms with Crippen molar-refractivity contribution in [3.8, 4) is 39.1 Å².